The maximum Gasteiger partial charge on any atom is 0.153 e. The van der Waals surface area contributed by atoms with Crippen LogP contribution >= 0.6 is 0 Å². The minimum atomic E-state index is -1.70. The highest BCUT2D eigenvalue weighted by molar-refractivity contribution is 5.29. The van der Waals surface area contributed by atoms with E-state index >= 15 is 0 Å². The lowest BCUT2D eigenvalue weighted by Gasteiger charge is -2.21. The van der Waals surface area contributed by atoms with E-state index in [9.17, 15) is 8.78 Å². The van der Waals surface area contributed by atoms with Gasteiger partial charge in [0.05, 0.1) is 5.70 Å². The zero-order chi connectivity index (χ0) is 7.78. The van der Waals surface area contributed by atoms with Crippen LogP contribution in [0.3, 0.4) is 0 Å². The first-order valence-corrected chi connectivity index (χ1v) is 3.05. The fraction of sp³-hybridized carbons (Fsp3) is 0.429. The van der Waals surface area contributed by atoms with Gasteiger partial charge >= 0.3 is 0 Å². The van der Waals surface area contributed by atoms with Crippen molar-refractivity contribution in [2.45, 2.75) is 19.0 Å². The zero-order valence-electron chi connectivity index (χ0n) is 5.70. The number of hydrogen-bond acceptors (Lipinski definition) is 1. The number of alkyl halides is 1. The second-order valence-electron chi connectivity index (χ2n) is 2.57. The highest BCUT2D eigenvalue weighted by atomic mass is 19.1. The second kappa shape index (κ2) is 2.08. The predicted molar refractivity (Wildman–Crippen MR) is 35.6 cm³/mol. The minimum Gasteiger partial charge on any atom is -0.397 e. The molecule has 0 amide bonds. The van der Waals surface area contributed by atoms with Crippen molar-refractivity contribution in [2.75, 3.05) is 0 Å². The van der Waals surface area contributed by atoms with E-state index in [1.807, 2.05) is 0 Å². The molecule has 0 saturated carbocycles. The van der Waals surface area contributed by atoms with Gasteiger partial charge in [-0.15, -0.1) is 0 Å². The summed E-state index contributed by atoms with van der Waals surface area (Å²) < 4.78 is 25.5. The Bertz CT molecular complexity index is 204. The molecule has 0 spiro atoms. The summed E-state index contributed by atoms with van der Waals surface area (Å²) in [7, 11) is 0. The van der Waals surface area contributed by atoms with Crippen LogP contribution in [-0.4, -0.2) is 5.67 Å². The van der Waals surface area contributed by atoms with E-state index in [1.54, 1.807) is 0 Å². The van der Waals surface area contributed by atoms with E-state index in [0.717, 1.165) is 0 Å². The van der Waals surface area contributed by atoms with Crippen LogP contribution in [0.4, 0.5) is 8.78 Å². The first-order valence-electron chi connectivity index (χ1n) is 3.05. The largest absolute Gasteiger partial charge is 0.397 e. The summed E-state index contributed by atoms with van der Waals surface area (Å²) in [5.41, 5.74) is 3.14. The molecule has 1 aliphatic carbocycles. The molecule has 0 radical (unpaired) electrons. The van der Waals surface area contributed by atoms with Gasteiger partial charge in [0.2, 0.25) is 0 Å². The van der Waals surface area contributed by atoms with Crippen molar-refractivity contribution < 1.29 is 8.78 Å². The summed E-state index contributed by atoms with van der Waals surface area (Å²) in [6.07, 6.45) is 2.79. The summed E-state index contributed by atoms with van der Waals surface area (Å²) in [4.78, 5) is 0. The number of halogens is 2. The molecule has 0 aromatic carbocycles. The number of hydrogen-bond donors (Lipinski definition) is 1. The maximum atomic E-state index is 13.0. The number of allylic oxidation sites excluding steroid dienone is 4. The van der Waals surface area contributed by atoms with Crippen molar-refractivity contribution >= 4 is 0 Å². The van der Waals surface area contributed by atoms with Gasteiger partial charge in [-0.2, -0.15) is 0 Å². The molecule has 10 heavy (non-hydrogen) atoms. The SMILES string of the molecule is CC1(F)CC=CC(F)=C1N. The molecule has 0 aliphatic heterocycles. The van der Waals surface area contributed by atoms with Crippen LogP contribution in [0, 0.1) is 0 Å². The molecule has 1 aliphatic rings. The van der Waals surface area contributed by atoms with Gasteiger partial charge in [-0.3, -0.25) is 0 Å². The van der Waals surface area contributed by atoms with Crippen LogP contribution in [0.1, 0.15) is 13.3 Å². The van der Waals surface area contributed by atoms with E-state index < -0.39 is 11.5 Å². The Morgan fingerprint density at radius 1 is 1.70 bits per heavy atom. The lowest BCUT2D eigenvalue weighted by Crippen LogP contribution is -2.28. The summed E-state index contributed by atoms with van der Waals surface area (Å²) in [5, 5.41) is 0. The van der Waals surface area contributed by atoms with Crippen LogP contribution in [-0.2, 0) is 0 Å². The first-order chi connectivity index (χ1) is 4.54. The summed E-state index contributed by atoms with van der Waals surface area (Å²) in [6, 6.07) is 0. The van der Waals surface area contributed by atoms with Crippen LogP contribution in [0.2, 0.25) is 0 Å². The molecule has 56 valence electrons. The van der Waals surface area contributed by atoms with Crippen LogP contribution in [0.25, 0.3) is 0 Å². The Balaban J connectivity index is 2.99. The van der Waals surface area contributed by atoms with Crippen molar-refractivity contribution in [3.05, 3.63) is 23.7 Å². The second-order valence-corrected chi connectivity index (χ2v) is 2.57. The molecular formula is C7H9F2N. The third kappa shape index (κ3) is 1.03. The standard InChI is InChI=1S/C7H9F2N/c1-7(9)4-2-3-5(8)6(7)10/h2-3H,4,10H2,1H3. The monoisotopic (exact) mass is 145 g/mol. The van der Waals surface area contributed by atoms with Crippen LogP contribution in [0.15, 0.2) is 23.7 Å². The molecule has 1 nitrogen and oxygen atoms in total. The predicted octanol–water partition coefficient (Wildman–Crippen LogP) is 1.81. The van der Waals surface area contributed by atoms with Gasteiger partial charge in [-0.1, -0.05) is 6.08 Å². The van der Waals surface area contributed by atoms with Crippen LogP contribution in [0.5, 0.6) is 0 Å². The highest BCUT2D eigenvalue weighted by Gasteiger charge is 2.30. The van der Waals surface area contributed by atoms with Gasteiger partial charge in [0, 0.05) is 6.42 Å². The molecule has 1 rings (SSSR count). The molecule has 0 aromatic rings. The Labute approximate surface area is 58.2 Å². The fourth-order valence-electron chi connectivity index (χ4n) is 0.832. The summed E-state index contributed by atoms with van der Waals surface area (Å²) in [5.74, 6) is -0.656. The quantitative estimate of drug-likeness (QED) is 0.552. The molecule has 0 fully saturated rings. The van der Waals surface area contributed by atoms with Crippen molar-refractivity contribution in [2.24, 2.45) is 5.73 Å². The topological polar surface area (TPSA) is 26.0 Å². The molecule has 3 heteroatoms. The third-order valence-corrected chi connectivity index (χ3v) is 1.58. The fourth-order valence-corrected chi connectivity index (χ4v) is 0.832. The lowest BCUT2D eigenvalue weighted by molar-refractivity contribution is 0.232. The molecule has 1 unspecified atom stereocenters. The number of nitrogens with two attached hydrogens (primary N) is 1. The van der Waals surface area contributed by atoms with Crippen molar-refractivity contribution in [3.8, 4) is 0 Å². The van der Waals surface area contributed by atoms with E-state index in [1.165, 1.54) is 19.1 Å². The van der Waals surface area contributed by atoms with Gasteiger partial charge < -0.3 is 5.73 Å². The van der Waals surface area contributed by atoms with Crippen LogP contribution < -0.4 is 5.73 Å². The molecule has 0 saturated heterocycles. The van der Waals surface area contributed by atoms with E-state index in [2.05, 4.69) is 0 Å². The Hall–Kier alpha value is -0.860. The van der Waals surface area contributed by atoms with Crippen molar-refractivity contribution in [1.82, 2.24) is 0 Å². The Morgan fingerprint density at radius 2 is 2.30 bits per heavy atom. The van der Waals surface area contributed by atoms with Gasteiger partial charge in [-0.25, -0.2) is 8.78 Å². The zero-order valence-corrected chi connectivity index (χ0v) is 5.70. The van der Waals surface area contributed by atoms with Gasteiger partial charge in [0.15, 0.2) is 5.67 Å². The third-order valence-electron chi connectivity index (χ3n) is 1.58. The lowest BCUT2D eigenvalue weighted by atomic mass is 9.96. The molecular weight excluding hydrogens is 136 g/mol. The average molecular weight is 145 g/mol. The molecule has 0 bridgehead atoms. The van der Waals surface area contributed by atoms with E-state index in [-0.39, 0.29) is 12.1 Å². The van der Waals surface area contributed by atoms with Crippen molar-refractivity contribution in [1.29, 1.82) is 0 Å². The van der Waals surface area contributed by atoms with E-state index in [0.29, 0.717) is 0 Å². The van der Waals surface area contributed by atoms with Gasteiger partial charge in [0.1, 0.15) is 5.83 Å². The van der Waals surface area contributed by atoms with Gasteiger partial charge in [0.25, 0.3) is 0 Å². The normalized spacial score (nSPS) is 33.1. The number of rotatable bonds is 0. The first kappa shape index (κ1) is 7.25. The van der Waals surface area contributed by atoms with E-state index in [4.69, 9.17) is 5.73 Å². The molecule has 0 heterocycles. The van der Waals surface area contributed by atoms with Gasteiger partial charge in [-0.05, 0) is 13.0 Å². The minimum absolute atomic E-state index is 0.159. The average Bonchev–Trinajstić information content (AvgIpc) is 1.83. The molecule has 0 aromatic heterocycles. The summed E-state index contributed by atoms with van der Waals surface area (Å²) >= 11 is 0. The smallest absolute Gasteiger partial charge is 0.153 e. The molecule has 2 N–H and O–H groups in total. The highest BCUT2D eigenvalue weighted by Crippen LogP contribution is 2.29. The maximum absolute atomic E-state index is 13.0. The Kier molecular flexibility index (Phi) is 1.50. The Morgan fingerprint density at radius 3 is 2.70 bits per heavy atom. The molecule has 1 atom stereocenters. The van der Waals surface area contributed by atoms with Crippen molar-refractivity contribution in [3.63, 3.8) is 0 Å². The summed E-state index contributed by atoms with van der Waals surface area (Å²) in [6.45, 7) is 1.27.